The molecule has 1 heterocycles. The van der Waals surface area contributed by atoms with Gasteiger partial charge >= 0.3 is 5.97 Å². The van der Waals surface area contributed by atoms with Crippen molar-refractivity contribution < 1.29 is 14.7 Å². The van der Waals surface area contributed by atoms with E-state index in [0.29, 0.717) is 18.5 Å². The van der Waals surface area contributed by atoms with Crippen LogP contribution < -0.4 is 5.32 Å². The van der Waals surface area contributed by atoms with Crippen LogP contribution in [0.25, 0.3) is 0 Å². The lowest BCUT2D eigenvalue weighted by Crippen LogP contribution is -2.54. The Balaban J connectivity index is 2.05. The number of hydrogen-bond acceptors (Lipinski definition) is 3. The molecule has 2 rings (SSSR count). The molecule has 3 N–H and O–H groups in total. The monoisotopic (exact) mass is 265 g/mol. The van der Waals surface area contributed by atoms with E-state index < -0.39 is 11.5 Å². The molecule has 1 aliphatic carbocycles. The first-order valence-corrected chi connectivity index (χ1v) is 6.51. The van der Waals surface area contributed by atoms with Crippen LogP contribution in [0.4, 0.5) is 0 Å². The van der Waals surface area contributed by atoms with Crippen molar-refractivity contribution >= 4 is 11.9 Å². The third-order valence-electron chi connectivity index (χ3n) is 3.63. The van der Waals surface area contributed by atoms with E-state index in [4.69, 9.17) is 5.11 Å². The number of carboxylic acid groups (broad SMARTS) is 1. The van der Waals surface area contributed by atoms with Gasteiger partial charge in [0.1, 0.15) is 5.69 Å². The highest BCUT2D eigenvalue weighted by Gasteiger charge is 2.40. The second-order valence-electron chi connectivity index (χ2n) is 5.52. The predicted molar refractivity (Wildman–Crippen MR) is 69.0 cm³/mol. The lowest BCUT2D eigenvalue weighted by atomic mass is 9.74. The number of aromatic amines is 1. The van der Waals surface area contributed by atoms with Crippen molar-refractivity contribution in [2.24, 2.45) is 0 Å². The molecule has 0 aromatic carbocycles. The van der Waals surface area contributed by atoms with Gasteiger partial charge in [-0.2, -0.15) is 5.10 Å². The Hall–Kier alpha value is -1.85. The molecule has 0 saturated heterocycles. The average molecular weight is 265 g/mol. The van der Waals surface area contributed by atoms with Crippen LogP contribution in [-0.4, -0.2) is 32.7 Å². The van der Waals surface area contributed by atoms with Crippen molar-refractivity contribution in [2.75, 3.05) is 0 Å². The van der Waals surface area contributed by atoms with Gasteiger partial charge in [-0.05, 0) is 31.2 Å². The van der Waals surface area contributed by atoms with Crippen LogP contribution in [0.1, 0.15) is 61.6 Å². The van der Waals surface area contributed by atoms with E-state index in [-0.39, 0.29) is 18.2 Å². The van der Waals surface area contributed by atoms with Crippen molar-refractivity contribution in [1.82, 2.24) is 15.5 Å². The Kier molecular flexibility index (Phi) is 3.59. The van der Waals surface area contributed by atoms with Gasteiger partial charge in [0.05, 0.1) is 12.0 Å². The second-order valence-corrected chi connectivity index (χ2v) is 5.52. The molecule has 104 valence electrons. The summed E-state index contributed by atoms with van der Waals surface area (Å²) in [6, 6.07) is 1.72. The van der Waals surface area contributed by atoms with Crippen molar-refractivity contribution in [2.45, 2.75) is 51.0 Å². The minimum atomic E-state index is -0.884. The number of nitrogens with zero attached hydrogens (tertiary/aromatic N) is 1. The maximum absolute atomic E-state index is 12.1. The molecule has 0 unspecified atom stereocenters. The number of nitrogens with one attached hydrogen (secondary N) is 2. The molecular weight excluding hydrogens is 246 g/mol. The number of hydrogen-bond donors (Lipinski definition) is 3. The van der Waals surface area contributed by atoms with E-state index >= 15 is 0 Å². The van der Waals surface area contributed by atoms with Crippen molar-refractivity contribution in [1.29, 1.82) is 0 Å². The smallest absolute Gasteiger partial charge is 0.305 e. The fraction of sp³-hybridized carbons (Fsp3) is 0.615. The number of aromatic nitrogens is 2. The zero-order valence-electron chi connectivity index (χ0n) is 11.2. The second kappa shape index (κ2) is 5.03. The molecule has 6 heteroatoms. The van der Waals surface area contributed by atoms with Gasteiger partial charge in [0.15, 0.2) is 0 Å². The molecule has 0 radical (unpaired) electrons. The van der Waals surface area contributed by atoms with Crippen molar-refractivity contribution in [3.05, 3.63) is 17.5 Å². The molecule has 1 amide bonds. The van der Waals surface area contributed by atoms with Gasteiger partial charge in [-0.1, -0.05) is 13.8 Å². The normalized spacial score (nSPS) is 17.0. The van der Waals surface area contributed by atoms with Crippen LogP contribution in [0.5, 0.6) is 0 Å². The summed E-state index contributed by atoms with van der Waals surface area (Å²) in [4.78, 5) is 22.9. The molecule has 1 aromatic heterocycles. The first-order chi connectivity index (χ1) is 8.92. The Morgan fingerprint density at radius 1 is 1.53 bits per heavy atom. The van der Waals surface area contributed by atoms with Gasteiger partial charge in [-0.15, -0.1) is 0 Å². The SMILES string of the molecule is CC(C)c1cc(C(=O)NC2(CC(=O)O)CCC2)n[nH]1. The molecule has 1 fully saturated rings. The van der Waals surface area contributed by atoms with Crippen molar-refractivity contribution in [3.8, 4) is 0 Å². The third-order valence-corrected chi connectivity index (χ3v) is 3.63. The molecular formula is C13H19N3O3. The minimum Gasteiger partial charge on any atom is -0.481 e. The highest BCUT2D eigenvalue weighted by Crippen LogP contribution is 2.35. The number of H-pyrrole nitrogens is 1. The highest BCUT2D eigenvalue weighted by molar-refractivity contribution is 5.93. The number of aliphatic carboxylic acids is 1. The first kappa shape index (κ1) is 13.6. The van der Waals surface area contributed by atoms with E-state index in [1.54, 1.807) is 6.07 Å². The van der Waals surface area contributed by atoms with E-state index in [1.807, 2.05) is 13.8 Å². The van der Waals surface area contributed by atoms with Crippen LogP contribution in [0.15, 0.2) is 6.07 Å². The summed E-state index contributed by atoms with van der Waals surface area (Å²) in [5, 5.41) is 18.5. The molecule has 0 bridgehead atoms. The average Bonchev–Trinajstić information content (AvgIpc) is 2.74. The predicted octanol–water partition coefficient (Wildman–Crippen LogP) is 1.66. The molecule has 1 aliphatic rings. The van der Waals surface area contributed by atoms with Crippen LogP contribution >= 0.6 is 0 Å². The van der Waals surface area contributed by atoms with Crippen molar-refractivity contribution in [3.63, 3.8) is 0 Å². The number of carbonyl (C=O) groups is 2. The molecule has 6 nitrogen and oxygen atoms in total. The van der Waals surface area contributed by atoms with E-state index in [0.717, 1.165) is 12.1 Å². The summed E-state index contributed by atoms with van der Waals surface area (Å²) < 4.78 is 0. The van der Waals surface area contributed by atoms with Crippen LogP contribution in [0.3, 0.4) is 0 Å². The fourth-order valence-electron chi connectivity index (χ4n) is 2.29. The van der Waals surface area contributed by atoms with Crippen LogP contribution in [0.2, 0.25) is 0 Å². The fourth-order valence-corrected chi connectivity index (χ4v) is 2.29. The summed E-state index contributed by atoms with van der Waals surface area (Å²) in [5.41, 5.74) is 0.631. The van der Waals surface area contributed by atoms with Crippen LogP contribution in [-0.2, 0) is 4.79 Å². The lowest BCUT2D eigenvalue weighted by molar-refractivity contribution is -0.139. The van der Waals surface area contributed by atoms with E-state index in [2.05, 4.69) is 15.5 Å². The largest absolute Gasteiger partial charge is 0.481 e. The zero-order chi connectivity index (χ0) is 14.0. The Morgan fingerprint density at radius 2 is 2.21 bits per heavy atom. The van der Waals surface area contributed by atoms with E-state index in [1.165, 1.54) is 0 Å². The molecule has 0 aliphatic heterocycles. The summed E-state index contributed by atoms with van der Waals surface area (Å²) in [6.45, 7) is 4.01. The first-order valence-electron chi connectivity index (χ1n) is 6.51. The number of carbonyl (C=O) groups excluding carboxylic acids is 1. The highest BCUT2D eigenvalue weighted by atomic mass is 16.4. The standard InChI is InChI=1S/C13H19N3O3/c1-8(2)9-6-10(16-15-9)12(19)14-13(4-3-5-13)7-11(17)18/h6,8H,3-5,7H2,1-2H3,(H,14,19)(H,15,16)(H,17,18). The van der Waals surface area contributed by atoms with Gasteiger partial charge < -0.3 is 10.4 Å². The summed E-state index contributed by atoms with van der Waals surface area (Å²) >= 11 is 0. The summed E-state index contributed by atoms with van der Waals surface area (Å²) in [6.07, 6.45) is 2.35. The van der Waals surface area contributed by atoms with Gasteiger partial charge in [0, 0.05) is 5.69 Å². The van der Waals surface area contributed by atoms with Gasteiger partial charge in [-0.3, -0.25) is 14.7 Å². The van der Waals surface area contributed by atoms with Crippen LogP contribution in [0, 0.1) is 0 Å². The minimum absolute atomic E-state index is 0.0276. The number of rotatable bonds is 5. The summed E-state index contributed by atoms with van der Waals surface area (Å²) in [7, 11) is 0. The molecule has 0 atom stereocenters. The van der Waals surface area contributed by atoms with Gasteiger partial charge in [0.25, 0.3) is 5.91 Å². The zero-order valence-corrected chi connectivity index (χ0v) is 11.2. The Morgan fingerprint density at radius 3 is 2.63 bits per heavy atom. The topological polar surface area (TPSA) is 95.1 Å². The van der Waals surface area contributed by atoms with Gasteiger partial charge in [-0.25, -0.2) is 0 Å². The number of carboxylic acids is 1. The molecule has 0 spiro atoms. The van der Waals surface area contributed by atoms with Gasteiger partial charge in [0.2, 0.25) is 0 Å². The number of amides is 1. The molecule has 1 aromatic rings. The quantitative estimate of drug-likeness (QED) is 0.754. The maximum atomic E-state index is 12.1. The Labute approximate surface area is 111 Å². The summed E-state index contributed by atoms with van der Waals surface area (Å²) in [5.74, 6) is -0.917. The third kappa shape index (κ3) is 2.94. The molecule has 19 heavy (non-hydrogen) atoms. The van der Waals surface area contributed by atoms with E-state index in [9.17, 15) is 9.59 Å². The Bertz CT molecular complexity index is 489. The lowest BCUT2D eigenvalue weighted by Gasteiger charge is -2.41. The maximum Gasteiger partial charge on any atom is 0.305 e. The molecule has 1 saturated carbocycles.